The van der Waals surface area contributed by atoms with E-state index >= 15 is 0 Å². The van der Waals surface area contributed by atoms with Crippen molar-refractivity contribution in [1.82, 2.24) is 4.98 Å². The highest BCUT2D eigenvalue weighted by Gasteiger charge is 2.21. The predicted octanol–water partition coefficient (Wildman–Crippen LogP) is 3.55. The van der Waals surface area contributed by atoms with Gasteiger partial charge in [-0.05, 0) is 61.5 Å². The Bertz CT molecular complexity index is 462. The quantitative estimate of drug-likeness (QED) is 0.761. The fourth-order valence-corrected chi connectivity index (χ4v) is 2.60. The molecule has 6 heteroatoms. The molecule has 1 aromatic heterocycles. The van der Waals surface area contributed by atoms with E-state index in [0.717, 1.165) is 36.2 Å². The van der Waals surface area contributed by atoms with Crippen LogP contribution >= 0.6 is 15.9 Å². The van der Waals surface area contributed by atoms with Crippen molar-refractivity contribution in [2.75, 3.05) is 24.3 Å². The minimum absolute atomic E-state index is 0.0327. The minimum atomic E-state index is -0.121. The molecule has 3 N–H and O–H groups in total. The molecular formula is C15H24BrN3O2. The van der Waals surface area contributed by atoms with Gasteiger partial charge in [0, 0.05) is 12.1 Å². The van der Waals surface area contributed by atoms with Crippen molar-refractivity contribution in [2.24, 2.45) is 0 Å². The number of anilines is 2. The van der Waals surface area contributed by atoms with Crippen LogP contribution in [0.1, 0.15) is 39.5 Å². The Hall–Kier alpha value is -0.850. The Kier molecular flexibility index (Phi) is 5.84. The first-order valence-corrected chi connectivity index (χ1v) is 8.18. The second kappa shape index (κ2) is 7.42. The number of aromatic nitrogens is 1. The summed E-state index contributed by atoms with van der Waals surface area (Å²) in [7, 11) is 0. The Morgan fingerprint density at radius 1 is 1.52 bits per heavy atom. The summed E-state index contributed by atoms with van der Waals surface area (Å²) in [5, 5.41) is 3.45. The zero-order valence-electron chi connectivity index (χ0n) is 12.7. The van der Waals surface area contributed by atoms with Crippen LogP contribution in [0.2, 0.25) is 0 Å². The molecule has 0 aromatic carbocycles. The maximum absolute atomic E-state index is 5.95. The SMILES string of the molecule is CC(C)(CCOC1CCCCO1)Nc1cc(Br)ncc1N. The van der Waals surface area contributed by atoms with Crippen molar-refractivity contribution in [3.05, 3.63) is 16.9 Å². The molecule has 1 aliphatic rings. The van der Waals surface area contributed by atoms with Crippen molar-refractivity contribution in [1.29, 1.82) is 0 Å². The second-order valence-corrected chi connectivity index (χ2v) is 6.83. The lowest BCUT2D eigenvalue weighted by molar-refractivity contribution is -0.163. The van der Waals surface area contributed by atoms with Gasteiger partial charge >= 0.3 is 0 Å². The Morgan fingerprint density at radius 2 is 2.33 bits per heavy atom. The van der Waals surface area contributed by atoms with Crippen LogP contribution in [-0.4, -0.2) is 30.0 Å². The van der Waals surface area contributed by atoms with E-state index in [0.29, 0.717) is 12.3 Å². The van der Waals surface area contributed by atoms with Crippen LogP contribution in [0, 0.1) is 0 Å². The smallest absolute Gasteiger partial charge is 0.157 e. The van der Waals surface area contributed by atoms with Gasteiger partial charge < -0.3 is 20.5 Å². The van der Waals surface area contributed by atoms with Gasteiger partial charge in [-0.25, -0.2) is 4.98 Å². The molecule has 2 heterocycles. The largest absolute Gasteiger partial charge is 0.396 e. The average molecular weight is 358 g/mol. The van der Waals surface area contributed by atoms with Gasteiger partial charge in [0.15, 0.2) is 6.29 Å². The van der Waals surface area contributed by atoms with Crippen LogP contribution < -0.4 is 11.1 Å². The maximum atomic E-state index is 5.95. The molecule has 1 aliphatic heterocycles. The summed E-state index contributed by atoms with van der Waals surface area (Å²) in [5.74, 6) is 0. The van der Waals surface area contributed by atoms with Gasteiger partial charge in [0.05, 0.1) is 24.2 Å². The van der Waals surface area contributed by atoms with Gasteiger partial charge in [0.2, 0.25) is 0 Å². The minimum Gasteiger partial charge on any atom is -0.396 e. The van der Waals surface area contributed by atoms with E-state index in [4.69, 9.17) is 15.2 Å². The highest BCUT2D eigenvalue weighted by molar-refractivity contribution is 9.10. The molecule has 21 heavy (non-hydrogen) atoms. The van der Waals surface area contributed by atoms with Crippen molar-refractivity contribution < 1.29 is 9.47 Å². The summed E-state index contributed by atoms with van der Waals surface area (Å²) in [6.45, 7) is 5.74. The molecule has 2 rings (SSSR count). The number of pyridine rings is 1. The Morgan fingerprint density at radius 3 is 3.05 bits per heavy atom. The van der Waals surface area contributed by atoms with Crippen molar-refractivity contribution in [3.63, 3.8) is 0 Å². The monoisotopic (exact) mass is 357 g/mol. The molecule has 5 nitrogen and oxygen atoms in total. The molecule has 0 saturated carbocycles. The van der Waals surface area contributed by atoms with Gasteiger partial charge in [0.1, 0.15) is 4.60 Å². The molecule has 0 radical (unpaired) electrons. The Balaban J connectivity index is 1.82. The molecule has 1 atom stereocenters. The molecule has 1 unspecified atom stereocenters. The van der Waals surface area contributed by atoms with E-state index in [2.05, 4.69) is 40.1 Å². The van der Waals surface area contributed by atoms with Crippen molar-refractivity contribution in [2.45, 2.75) is 51.4 Å². The summed E-state index contributed by atoms with van der Waals surface area (Å²) in [4.78, 5) is 4.10. The third kappa shape index (κ3) is 5.45. The Labute approximate surface area is 134 Å². The molecular weight excluding hydrogens is 334 g/mol. The summed E-state index contributed by atoms with van der Waals surface area (Å²) in [5.41, 5.74) is 7.35. The third-order valence-electron chi connectivity index (χ3n) is 3.54. The van der Waals surface area contributed by atoms with Crippen LogP contribution in [-0.2, 0) is 9.47 Å². The van der Waals surface area contributed by atoms with E-state index in [9.17, 15) is 0 Å². The highest BCUT2D eigenvalue weighted by Crippen LogP contribution is 2.26. The van der Waals surface area contributed by atoms with Gasteiger partial charge in [-0.3, -0.25) is 0 Å². The van der Waals surface area contributed by atoms with Gasteiger partial charge in [-0.1, -0.05) is 0 Å². The van der Waals surface area contributed by atoms with Crippen LogP contribution in [0.4, 0.5) is 11.4 Å². The molecule has 1 aromatic rings. The van der Waals surface area contributed by atoms with Crippen LogP contribution in [0.5, 0.6) is 0 Å². The molecule has 0 bridgehead atoms. The molecule has 0 amide bonds. The number of ether oxygens (including phenoxy) is 2. The fraction of sp³-hybridized carbons (Fsp3) is 0.667. The van der Waals surface area contributed by atoms with Gasteiger partial charge in [0.25, 0.3) is 0 Å². The standard InChI is InChI=1S/C15H24BrN3O2/c1-15(2,6-8-21-14-5-3-4-7-20-14)19-12-9-13(16)18-10-11(12)17/h9-10,14H,3-8,17H2,1-2H3,(H,18,19). The summed E-state index contributed by atoms with van der Waals surface area (Å²) in [6, 6.07) is 1.89. The molecule has 0 aliphatic carbocycles. The van der Waals surface area contributed by atoms with E-state index in [1.807, 2.05) is 6.07 Å². The lowest BCUT2D eigenvalue weighted by atomic mass is 10.0. The number of nitrogens with two attached hydrogens (primary N) is 1. The number of hydrogen-bond acceptors (Lipinski definition) is 5. The maximum Gasteiger partial charge on any atom is 0.157 e. The predicted molar refractivity (Wildman–Crippen MR) is 88.2 cm³/mol. The normalized spacial score (nSPS) is 19.5. The number of halogens is 1. The van der Waals surface area contributed by atoms with Crippen LogP contribution in [0.25, 0.3) is 0 Å². The number of nitrogens with zero attached hydrogens (tertiary/aromatic N) is 1. The van der Waals surface area contributed by atoms with E-state index in [1.165, 1.54) is 6.42 Å². The first-order chi connectivity index (χ1) is 9.96. The molecule has 0 spiro atoms. The van der Waals surface area contributed by atoms with Crippen molar-refractivity contribution in [3.8, 4) is 0 Å². The average Bonchev–Trinajstić information content (AvgIpc) is 2.43. The van der Waals surface area contributed by atoms with Crippen LogP contribution in [0.15, 0.2) is 16.9 Å². The molecule has 118 valence electrons. The van der Waals surface area contributed by atoms with E-state index in [1.54, 1.807) is 6.20 Å². The molecule has 1 saturated heterocycles. The summed E-state index contributed by atoms with van der Waals surface area (Å²) >= 11 is 3.36. The number of hydrogen-bond donors (Lipinski definition) is 2. The number of rotatable bonds is 6. The number of nitrogens with one attached hydrogen (secondary N) is 1. The van der Waals surface area contributed by atoms with Crippen LogP contribution in [0.3, 0.4) is 0 Å². The zero-order valence-corrected chi connectivity index (χ0v) is 14.3. The lowest BCUT2D eigenvalue weighted by Crippen LogP contribution is -2.34. The molecule has 1 fully saturated rings. The highest BCUT2D eigenvalue weighted by atomic mass is 79.9. The first-order valence-electron chi connectivity index (χ1n) is 7.39. The van der Waals surface area contributed by atoms with Crippen molar-refractivity contribution >= 4 is 27.3 Å². The fourth-order valence-electron chi connectivity index (χ4n) is 2.26. The number of nitrogen functional groups attached to an aromatic ring is 1. The van der Waals surface area contributed by atoms with Gasteiger partial charge in [-0.15, -0.1) is 0 Å². The second-order valence-electron chi connectivity index (χ2n) is 6.02. The lowest BCUT2D eigenvalue weighted by Gasteiger charge is -2.30. The van der Waals surface area contributed by atoms with Gasteiger partial charge in [-0.2, -0.15) is 0 Å². The zero-order chi connectivity index (χ0) is 15.3. The summed E-state index contributed by atoms with van der Waals surface area (Å²) < 4.78 is 12.1. The first kappa shape index (κ1) is 16.5. The topological polar surface area (TPSA) is 69.4 Å². The third-order valence-corrected chi connectivity index (χ3v) is 3.98. The summed E-state index contributed by atoms with van der Waals surface area (Å²) in [6.07, 6.45) is 5.81. The van der Waals surface area contributed by atoms with E-state index in [-0.39, 0.29) is 11.8 Å². The van der Waals surface area contributed by atoms with E-state index < -0.39 is 0 Å².